The van der Waals surface area contributed by atoms with Gasteiger partial charge in [0.25, 0.3) is 0 Å². The summed E-state index contributed by atoms with van der Waals surface area (Å²) in [5.74, 6) is -0.157. The van der Waals surface area contributed by atoms with E-state index in [1.165, 1.54) is 0 Å². The Kier molecular flexibility index (Phi) is 3.19. The van der Waals surface area contributed by atoms with Crippen molar-refractivity contribution in [2.45, 2.75) is 6.42 Å². The molecule has 1 amide bonds. The summed E-state index contributed by atoms with van der Waals surface area (Å²) in [7, 11) is 3.82. The standard InChI is InChI=1S/C12H13BrN2O2/c1-14(2)10-4-3-8(13)5-11(10)15-7-9(16)6-12(15)17/h3-5H,6-7H2,1-2H3. The summed E-state index contributed by atoms with van der Waals surface area (Å²) in [6, 6.07) is 5.71. The van der Waals surface area contributed by atoms with Gasteiger partial charge in [0.05, 0.1) is 24.3 Å². The fourth-order valence-corrected chi connectivity index (χ4v) is 2.24. The van der Waals surface area contributed by atoms with Crippen LogP contribution in [0.2, 0.25) is 0 Å². The van der Waals surface area contributed by atoms with Crippen molar-refractivity contribution in [2.75, 3.05) is 30.4 Å². The highest BCUT2D eigenvalue weighted by molar-refractivity contribution is 9.10. The molecule has 90 valence electrons. The Hall–Kier alpha value is -1.36. The highest BCUT2D eigenvalue weighted by Crippen LogP contribution is 2.33. The first-order chi connectivity index (χ1) is 7.99. The largest absolute Gasteiger partial charge is 0.376 e. The first kappa shape index (κ1) is 12.1. The third-order valence-corrected chi connectivity index (χ3v) is 3.19. The minimum absolute atomic E-state index is 0.0133. The van der Waals surface area contributed by atoms with Gasteiger partial charge in [-0.15, -0.1) is 0 Å². The van der Waals surface area contributed by atoms with Crippen LogP contribution in [0.1, 0.15) is 6.42 Å². The molecule has 0 bridgehead atoms. The Morgan fingerprint density at radius 2 is 2.00 bits per heavy atom. The average molecular weight is 297 g/mol. The zero-order valence-corrected chi connectivity index (χ0v) is 11.3. The first-order valence-corrected chi connectivity index (χ1v) is 6.07. The second-order valence-corrected chi connectivity index (χ2v) is 5.14. The smallest absolute Gasteiger partial charge is 0.234 e. The molecule has 4 nitrogen and oxygen atoms in total. The molecule has 5 heteroatoms. The van der Waals surface area contributed by atoms with Gasteiger partial charge < -0.3 is 9.80 Å². The number of amides is 1. The minimum atomic E-state index is -0.129. The molecular formula is C12H13BrN2O2. The number of hydrogen-bond donors (Lipinski definition) is 0. The van der Waals surface area contributed by atoms with Crippen molar-refractivity contribution in [1.29, 1.82) is 0 Å². The van der Waals surface area contributed by atoms with E-state index in [1.54, 1.807) is 4.90 Å². The predicted octanol–water partition coefficient (Wildman–Crippen LogP) is 1.82. The molecule has 1 fully saturated rings. The van der Waals surface area contributed by atoms with Gasteiger partial charge in [-0.25, -0.2) is 0 Å². The molecule has 0 atom stereocenters. The maximum absolute atomic E-state index is 11.7. The first-order valence-electron chi connectivity index (χ1n) is 5.28. The van der Waals surface area contributed by atoms with Crippen LogP contribution >= 0.6 is 15.9 Å². The van der Waals surface area contributed by atoms with Crippen molar-refractivity contribution in [1.82, 2.24) is 0 Å². The van der Waals surface area contributed by atoms with E-state index >= 15 is 0 Å². The molecule has 1 aliphatic heterocycles. The monoisotopic (exact) mass is 296 g/mol. The van der Waals surface area contributed by atoms with Crippen LogP contribution in [0.3, 0.4) is 0 Å². The van der Waals surface area contributed by atoms with Gasteiger partial charge in [0.1, 0.15) is 0 Å². The molecule has 1 aliphatic rings. The number of benzene rings is 1. The molecule has 0 unspecified atom stereocenters. The van der Waals surface area contributed by atoms with Crippen molar-refractivity contribution in [3.63, 3.8) is 0 Å². The van der Waals surface area contributed by atoms with Crippen LogP contribution in [-0.4, -0.2) is 32.3 Å². The van der Waals surface area contributed by atoms with E-state index in [-0.39, 0.29) is 24.7 Å². The molecule has 0 spiro atoms. The SMILES string of the molecule is CN(C)c1ccc(Br)cc1N1CC(=O)CC1=O. The Balaban J connectivity index is 2.46. The third kappa shape index (κ3) is 2.34. The van der Waals surface area contributed by atoms with E-state index in [1.807, 2.05) is 37.2 Å². The van der Waals surface area contributed by atoms with Gasteiger partial charge in [-0.3, -0.25) is 9.59 Å². The Labute approximate surface area is 108 Å². The van der Waals surface area contributed by atoms with Crippen LogP contribution in [-0.2, 0) is 9.59 Å². The summed E-state index contributed by atoms with van der Waals surface area (Å²) in [6.45, 7) is 0.177. The van der Waals surface area contributed by atoms with E-state index in [9.17, 15) is 9.59 Å². The van der Waals surface area contributed by atoms with Crippen LogP contribution in [0, 0.1) is 0 Å². The summed E-state index contributed by atoms with van der Waals surface area (Å²) in [4.78, 5) is 26.5. The fraction of sp³-hybridized carbons (Fsp3) is 0.333. The van der Waals surface area contributed by atoms with Crippen LogP contribution in [0.4, 0.5) is 11.4 Å². The van der Waals surface area contributed by atoms with Crippen molar-refractivity contribution in [3.05, 3.63) is 22.7 Å². The number of carbonyl (C=O) groups excluding carboxylic acids is 2. The number of Topliss-reactive ketones (excluding diaryl/α,β-unsaturated/α-hetero) is 1. The summed E-state index contributed by atoms with van der Waals surface area (Å²) < 4.78 is 0.894. The zero-order valence-electron chi connectivity index (χ0n) is 9.74. The number of anilines is 2. The molecule has 1 heterocycles. The number of hydrogen-bond acceptors (Lipinski definition) is 3. The molecule has 0 saturated carbocycles. The lowest BCUT2D eigenvalue weighted by molar-refractivity contribution is -0.121. The predicted molar refractivity (Wildman–Crippen MR) is 70.4 cm³/mol. The zero-order chi connectivity index (χ0) is 12.6. The second kappa shape index (κ2) is 4.49. The van der Waals surface area contributed by atoms with Gasteiger partial charge >= 0.3 is 0 Å². The Morgan fingerprint density at radius 3 is 2.53 bits per heavy atom. The molecule has 1 aromatic carbocycles. The quantitative estimate of drug-likeness (QED) is 0.782. The number of nitrogens with zero attached hydrogens (tertiary/aromatic N) is 2. The molecular weight excluding hydrogens is 284 g/mol. The van der Waals surface area contributed by atoms with Crippen LogP contribution in [0.5, 0.6) is 0 Å². The molecule has 0 N–H and O–H groups in total. The topological polar surface area (TPSA) is 40.6 Å². The Morgan fingerprint density at radius 1 is 1.29 bits per heavy atom. The maximum atomic E-state index is 11.7. The molecule has 17 heavy (non-hydrogen) atoms. The van der Waals surface area contributed by atoms with Gasteiger partial charge in [-0.05, 0) is 18.2 Å². The van der Waals surface area contributed by atoms with Gasteiger partial charge in [-0.2, -0.15) is 0 Å². The number of halogens is 1. The molecule has 1 saturated heterocycles. The molecule has 0 aromatic heterocycles. The van der Waals surface area contributed by atoms with E-state index in [2.05, 4.69) is 15.9 Å². The lowest BCUT2D eigenvalue weighted by Gasteiger charge is -2.23. The number of ketones is 1. The average Bonchev–Trinajstić information content (AvgIpc) is 2.57. The lowest BCUT2D eigenvalue weighted by atomic mass is 10.2. The summed E-state index contributed by atoms with van der Waals surface area (Å²) in [5, 5.41) is 0. The van der Waals surface area contributed by atoms with Crippen molar-refractivity contribution < 1.29 is 9.59 Å². The van der Waals surface area contributed by atoms with Gasteiger partial charge in [0.2, 0.25) is 5.91 Å². The Bertz CT molecular complexity index is 485. The summed E-state index contributed by atoms with van der Waals surface area (Å²) in [6.07, 6.45) is 0.0133. The number of rotatable bonds is 2. The summed E-state index contributed by atoms with van der Waals surface area (Å²) in [5.41, 5.74) is 1.71. The van der Waals surface area contributed by atoms with Gasteiger partial charge in [0.15, 0.2) is 5.78 Å². The fourth-order valence-electron chi connectivity index (χ4n) is 1.90. The van der Waals surface area contributed by atoms with Crippen LogP contribution in [0.15, 0.2) is 22.7 Å². The van der Waals surface area contributed by atoms with Crippen molar-refractivity contribution in [2.24, 2.45) is 0 Å². The minimum Gasteiger partial charge on any atom is -0.376 e. The molecule has 0 aliphatic carbocycles. The second-order valence-electron chi connectivity index (χ2n) is 4.22. The normalized spacial score (nSPS) is 15.6. The molecule has 1 aromatic rings. The van der Waals surface area contributed by atoms with Crippen LogP contribution < -0.4 is 9.80 Å². The third-order valence-electron chi connectivity index (χ3n) is 2.69. The van der Waals surface area contributed by atoms with Crippen molar-refractivity contribution >= 4 is 39.0 Å². The van der Waals surface area contributed by atoms with Crippen molar-refractivity contribution in [3.8, 4) is 0 Å². The van der Waals surface area contributed by atoms with E-state index in [4.69, 9.17) is 0 Å². The lowest BCUT2D eigenvalue weighted by Crippen LogP contribution is -2.26. The highest BCUT2D eigenvalue weighted by Gasteiger charge is 2.30. The molecule has 0 radical (unpaired) electrons. The van der Waals surface area contributed by atoms with Gasteiger partial charge in [0, 0.05) is 18.6 Å². The van der Waals surface area contributed by atoms with E-state index < -0.39 is 0 Å². The number of carbonyl (C=O) groups is 2. The molecule has 2 rings (SSSR count). The van der Waals surface area contributed by atoms with E-state index in [0.29, 0.717) is 0 Å². The maximum Gasteiger partial charge on any atom is 0.234 e. The van der Waals surface area contributed by atoms with E-state index in [0.717, 1.165) is 15.8 Å². The van der Waals surface area contributed by atoms with Gasteiger partial charge in [-0.1, -0.05) is 15.9 Å². The van der Waals surface area contributed by atoms with Crippen LogP contribution in [0.25, 0.3) is 0 Å². The highest BCUT2D eigenvalue weighted by atomic mass is 79.9. The summed E-state index contributed by atoms with van der Waals surface area (Å²) >= 11 is 3.39.